The molecule has 0 radical (unpaired) electrons. The van der Waals surface area contributed by atoms with Crippen LogP contribution in [0.25, 0.3) is 0 Å². The fourth-order valence-electron chi connectivity index (χ4n) is 3.21. The van der Waals surface area contributed by atoms with Crippen molar-refractivity contribution in [3.8, 4) is 5.75 Å². The van der Waals surface area contributed by atoms with Crippen molar-refractivity contribution >= 4 is 39.6 Å². The molecule has 3 rings (SSSR count). The highest BCUT2D eigenvalue weighted by Gasteiger charge is 2.30. The predicted octanol–water partition coefficient (Wildman–Crippen LogP) is 5.17. The first kappa shape index (κ1) is 28.1. The van der Waals surface area contributed by atoms with Gasteiger partial charge in [0.15, 0.2) is 0 Å². The number of nitrogens with zero attached hydrogens (tertiary/aromatic N) is 2. The molecule has 196 valence electrons. The van der Waals surface area contributed by atoms with Crippen LogP contribution in [0.3, 0.4) is 0 Å². The molecule has 37 heavy (non-hydrogen) atoms. The van der Waals surface area contributed by atoms with Crippen LogP contribution in [0.15, 0.2) is 87.7 Å². The summed E-state index contributed by atoms with van der Waals surface area (Å²) in [6.45, 7) is 1.61. The second kappa shape index (κ2) is 12.2. The third-order valence-corrected chi connectivity index (χ3v) is 7.52. The van der Waals surface area contributed by atoms with Gasteiger partial charge in [-0.2, -0.15) is 18.3 Å². The number of benzene rings is 3. The van der Waals surface area contributed by atoms with E-state index < -0.39 is 34.2 Å². The highest BCUT2D eigenvalue weighted by molar-refractivity contribution is 7.98. The van der Waals surface area contributed by atoms with Gasteiger partial charge < -0.3 is 4.74 Å². The summed E-state index contributed by atoms with van der Waals surface area (Å²) in [4.78, 5) is 13.5. The van der Waals surface area contributed by atoms with Crippen LogP contribution in [-0.4, -0.2) is 39.9 Å². The Balaban J connectivity index is 1.83. The molecule has 0 heterocycles. The molecule has 7 nitrogen and oxygen atoms in total. The number of thioether (sulfide) groups is 1. The van der Waals surface area contributed by atoms with E-state index >= 15 is 0 Å². The lowest BCUT2D eigenvalue weighted by molar-refractivity contribution is -0.137. The highest BCUT2D eigenvalue weighted by Crippen LogP contribution is 2.29. The summed E-state index contributed by atoms with van der Waals surface area (Å²) in [6, 6.07) is 16.8. The normalized spacial score (nSPS) is 11.9. The van der Waals surface area contributed by atoms with E-state index in [-0.39, 0.29) is 16.1 Å². The molecule has 1 amide bonds. The molecule has 0 aliphatic heterocycles. The van der Waals surface area contributed by atoms with E-state index in [0.29, 0.717) is 12.4 Å². The van der Waals surface area contributed by atoms with Crippen LogP contribution >= 0.6 is 11.8 Å². The van der Waals surface area contributed by atoms with Crippen LogP contribution in [0.4, 0.5) is 18.9 Å². The smallest absolute Gasteiger partial charge is 0.416 e. The van der Waals surface area contributed by atoms with Gasteiger partial charge in [-0.05, 0) is 79.4 Å². The number of ether oxygens (including phenoxy) is 1. The number of rotatable bonds is 10. The molecular formula is C25H24F3N3O4S2. The molecule has 0 unspecified atom stereocenters. The van der Waals surface area contributed by atoms with Crippen LogP contribution in [0.2, 0.25) is 0 Å². The molecule has 3 aromatic rings. The highest BCUT2D eigenvalue weighted by atomic mass is 32.2. The minimum atomic E-state index is -4.52. The first-order valence-corrected chi connectivity index (χ1v) is 13.6. The molecule has 0 aliphatic carbocycles. The van der Waals surface area contributed by atoms with Crippen molar-refractivity contribution < 1.29 is 31.1 Å². The molecule has 0 aliphatic rings. The standard InChI is InChI=1S/C25H24F3N3O4S2/c1-3-35-21-9-7-20(8-10-21)31(37(33,34)23-13-11-22(36-2)12-14-23)17-24(32)30-29-16-18-5-4-6-19(15-18)25(26,27)28/h4-16H,3,17H2,1-2H3,(H,30,32)/b29-16-. The average molecular weight is 552 g/mol. The van der Waals surface area contributed by atoms with Gasteiger partial charge in [-0.1, -0.05) is 12.1 Å². The van der Waals surface area contributed by atoms with E-state index in [2.05, 4.69) is 10.5 Å². The summed E-state index contributed by atoms with van der Waals surface area (Å²) in [7, 11) is -4.15. The van der Waals surface area contributed by atoms with Gasteiger partial charge in [0.25, 0.3) is 15.9 Å². The number of carbonyl (C=O) groups is 1. The van der Waals surface area contributed by atoms with E-state index in [9.17, 15) is 26.4 Å². The van der Waals surface area contributed by atoms with Gasteiger partial charge in [0, 0.05) is 4.90 Å². The number of hydrogen-bond donors (Lipinski definition) is 1. The van der Waals surface area contributed by atoms with Crippen LogP contribution in [0.5, 0.6) is 5.75 Å². The number of hydrazone groups is 1. The molecule has 0 saturated carbocycles. The number of sulfonamides is 1. The SMILES string of the molecule is CCOc1ccc(N(CC(=O)N/N=C\c2cccc(C(F)(F)F)c2)S(=O)(=O)c2ccc(SC)cc2)cc1. The van der Waals surface area contributed by atoms with Crippen LogP contribution in [0, 0.1) is 0 Å². The zero-order chi connectivity index (χ0) is 27.1. The lowest BCUT2D eigenvalue weighted by atomic mass is 10.1. The maximum Gasteiger partial charge on any atom is 0.416 e. The van der Waals surface area contributed by atoms with E-state index in [1.54, 1.807) is 24.3 Å². The Morgan fingerprint density at radius 2 is 1.76 bits per heavy atom. The van der Waals surface area contributed by atoms with Crippen molar-refractivity contribution in [2.24, 2.45) is 5.10 Å². The molecule has 0 fully saturated rings. The number of halogens is 3. The minimum absolute atomic E-state index is 0.0144. The number of carbonyl (C=O) groups excluding carboxylic acids is 1. The average Bonchev–Trinajstić information content (AvgIpc) is 2.88. The van der Waals surface area contributed by atoms with Crippen molar-refractivity contribution in [3.63, 3.8) is 0 Å². The maximum absolute atomic E-state index is 13.5. The van der Waals surface area contributed by atoms with Crippen molar-refractivity contribution in [3.05, 3.63) is 83.9 Å². The topological polar surface area (TPSA) is 88.1 Å². The van der Waals surface area contributed by atoms with Crippen molar-refractivity contribution in [1.82, 2.24) is 5.43 Å². The maximum atomic E-state index is 13.5. The lowest BCUT2D eigenvalue weighted by Gasteiger charge is -2.24. The Labute approximate surface area is 217 Å². The molecule has 0 spiro atoms. The zero-order valence-corrected chi connectivity index (χ0v) is 21.5. The first-order chi connectivity index (χ1) is 17.5. The van der Waals surface area contributed by atoms with Crippen LogP contribution in [0.1, 0.15) is 18.1 Å². The Bertz CT molecular complexity index is 1340. The number of nitrogens with one attached hydrogen (secondary N) is 1. The molecule has 12 heteroatoms. The molecule has 0 saturated heterocycles. The molecule has 0 atom stereocenters. The van der Waals surface area contributed by atoms with E-state index in [1.807, 2.05) is 13.2 Å². The second-order valence-electron chi connectivity index (χ2n) is 7.53. The number of amides is 1. The van der Waals surface area contributed by atoms with Gasteiger partial charge in [0.05, 0.1) is 29.0 Å². The van der Waals surface area contributed by atoms with Crippen LogP contribution < -0.4 is 14.5 Å². The second-order valence-corrected chi connectivity index (χ2v) is 10.3. The summed E-state index contributed by atoms with van der Waals surface area (Å²) >= 11 is 1.45. The quantitative estimate of drug-likeness (QED) is 0.213. The van der Waals surface area contributed by atoms with Gasteiger partial charge in [0.1, 0.15) is 12.3 Å². The lowest BCUT2D eigenvalue weighted by Crippen LogP contribution is -2.39. The monoisotopic (exact) mass is 551 g/mol. The van der Waals surface area contributed by atoms with Gasteiger partial charge in [-0.25, -0.2) is 13.8 Å². The molecular weight excluding hydrogens is 527 g/mol. The molecule has 3 aromatic carbocycles. The third kappa shape index (κ3) is 7.49. The molecule has 0 bridgehead atoms. The van der Waals surface area contributed by atoms with Crippen molar-refractivity contribution in [1.29, 1.82) is 0 Å². The fraction of sp³-hybridized carbons (Fsp3) is 0.200. The fourth-order valence-corrected chi connectivity index (χ4v) is 5.03. The van der Waals surface area contributed by atoms with Gasteiger partial charge >= 0.3 is 6.18 Å². The summed E-state index contributed by atoms with van der Waals surface area (Å²) < 4.78 is 72.0. The van der Waals surface area contributed by atoms with Gasteiger partial charge in [-0.3, -0.25) is 9.10 Å². The van der Waals surface area contributed by atoms with Crippen LogP contribution in [-0.2, 0) is 21.0 Å². The van der Waals surface area contributed by atoms with Crippen molar-refractivity contribution in [2.75, 3.05) is 23.7 Å². The van der Waals surface area contributed by atoms with E-state index in [1.165, 1.54) is 48.2 Å². The summed E-state index contributed by atoms with van der Waals surface area (Å²) in [5.74, 6) is -0.260. The molecule has 0 aromatic heterocycles. The first-order valence-electron chi connectivity index (χ1n) is 10.9. The molecule has 1 N–H and O–H groups in total. The summed E-state index contributed by atoms with van der Waals surface area (Å²) in [6.07, 6.45) is -1.61. The van der Waals surface area contributed by atoms with Gasteiger partial charge in [-0.15, -0.1) is 11.8 Å². The third-order valence-electron chi connectivity index (χ3n) is 4.99. The largest absolute Gasteiger partial charge is 0.494 e. The Hall–Kier alpha value is -3.51. The Kier molecular flexibility index (Phi) is 9.22. The number of alkyl halides is 3. The van der Waals surface area contributed by atoms with E-state index in [0.717, 1.165) is 27.5 Å². The Morgan fingerprint density at radius 1 is 1.08 bits per heavy atom. The summed E-state index contributed by atoms with van der Waals surface area (Å²) in [5.41, 5.74) is 1.65. The number of anilines is 1. The Morgan fingerprint density at radius 3 is 2.35 bits per heavy atom. The predicted molar refractivity (Wildman–Crippen MR) is 138 cm³/mol. The summed E-state index contributed by atoms with van der Waals surface area (Å²) in [5, 5.41) is 3.69. The van der Waals surface area contributed by atoms with Gasteiger partial charge in [0.2, 0.25) is 0 Å². The number of hydrogen-bond acceptors (Lipinski definition) is 6. The zero-order valence-electron chi connectivity index (χ0n) is 19.9. The van der Waals surface area contributed by atoms with E-state index in [4.69, 9.17) is 4.74 Å². The minimum Gasteiger partial charge on any atom is -0.494 e. The van der Waals surface area contributed by atoms with Crippen molar-refractivity contribution in [2.45, 2.75) is 22.9 Å².